The fourth-order valence-corrected chi connectivity index (χ4v) is 5.72. The summed E-state index contributed by atoms with van der Waals surface area (Å²) in [6, 6.07) is 20.0. The van der Waals surface area contributed by atoms with E-state index in [4.69, 9.17) is 25.8 Å². The lowest BCUT2D eigenvalue weighted by atomic mass is 9.87. The largest absolute Gasteiger partial charge is 0.464 e. The number of hydrogen-bond donors (Lipinski definition) is 0. The van der Waals surface area contributed by atoms with Gasteiger partial charge in [0.2, 0.25) is 0 Å². The van der Waals surface area contributed by atoms with Crippen molar-refractivity contribution in [1.29, 1.82) is 0 Å². The summed E-state index contributed by atoms with van der Waals surface area (Å²) < 4.78 is 17.4. The molecule has 1 unspecified atom stereocenters. The van der Waals surface area contributed by atoms with Crippen LogP contribution in [0.4, 0.5) is 0 Å². The van der Waals surface area contributed by atoms with Gasteiger partial charge in [-0.1, -0.05) is 60.1 Å². The smallest absolute Gasteiger partial charge is 0.329 e. The van der Waals surface area contributed by atoms with Crippen LogP contribution in [0.1, 0.15) is 48.5 Å². The van der Waals surface area contributed by atoms with Crippen LogP contribution < -0.4 is 0 Å². The Bertz CT molecular complexity index is 1240. The third-order valence-corrected chi connectivity index (χ3v) is 7.67. The van der Waals surface area contributed by atoms with Gasteiger partial charge in [-0.2, -0.15) is 0 Å². The van der Waals surface area contributed by atoms with Gasteiger partial charge >= 0.3 is 5.97 Å². The Morgan fingerprint density at radius 1 is 1.00 bits per heavy atom. The van der Waals surface area contributed by atoms with Crippen molar-refractivity contribution in [1.82, 2.24) is 4.90 Å². The van der Waals surface area contributed by atoms with E-state index in [9.17, 15) is 9.59 Å². The molecule has 3 aromatic carbocycles. The summed E-state index contributed by atoms with van der Waals surface area (Å²) in [7, 11) is 0. The van der Waals surface area contributed by atoms with Crippen molar-refractivity contribution in [3.8, 4) is 0 Å². The van der Waals surface area contributed by atoms with Crippen molar-refractivity contribution in [3.05, 3.63) is 82.9 Å². The molecule has 1 aliphatic carbocycles. The highest BCUT2D eigenvalue weighted by Gasteiger charge is 2.45. The van der Waals surface area contributed by atoms with Gasteiger partial charge in [0.25, 0.3) is 5.91 Å². The standard InChI is InChI=1S/C30H32ClNO5/c1-2-35-29(34)27(20-21-10-12-23(31)13-11-21)32(24-14-16-30(17-15-24)36-18-19-37-30)28(33)26-9-5-7-22-6-3-4-8-25(22)26/h3-13,24,27H,2,14-20H2,1H3. The van der Waals surface area contributed by atoms with Gasteiger partial charge in [0.1, 0.15) is 6.04 Å². The van der Waals surface area contributed by atoms with Crippen molar-refractivity contribution in [3.63, 3.8) is 0 Å². The van der Waals surface area contributed by atoms with Crippen LogP contribution in [-0.2, 0) is 25.4 Å². The van der Waals surface area contributed by atoms with E-state index in [0.717, 1.165) is 16.3 Å². The molecule has 37 heavy (non-hydrogen) atoms. The molecule has 6 nitrogen and oxygen atoms in total. The number of hydrogen-bond acceptors (Lipinski definition) is 5. The van der Waals surface area contributed by atoms with Crippen molar-refractivity contribution >= 4 is 34.2 Å². The lowest BCUT2D eigenvalue weighted by Crippen LogP contribution is -2.54. The molecule has 2 aliphatic rings. The number of benzene rings is 3. The monoisotopic (exact) mass is 521 g/mol. The molecule has 1 saturated carbocycles. The molecule has 1 amide bonds. The zero-order valence-electron chi connectivity index (χ0n) is 21.0. The third kappa shape index (κ3) is 5.52. The lowest BCUT2D eigenvalue weighted by Gasteiger charge is -2.43. The molecule has 2 fully saturated rings. The van der Waals surface area contributed by atoms with E-state index in [2.05, 4.69) is 0 Å². The van der Waals surface area contributed by atoms with Gasteiger partial charge < -0.3 is 19.1 Å². The van der Waals surface area contributed by atoms with Crippen LogP contribution in [-0.4, -0.2) is 54.5 Å². The number of fused-ring (bicyclic) bond motifs is 1. The van der Waals surface area contributed by atoms with Gasteiger partial charge in [-0.25, -0.2) is 4.79 Å². The van der Waals surface area contributed by atoms with E-state index >= 15 is 0 Å². The number of nitrogens with zero attached hydrogens (tertiary/aromatic N) is 1. The highest BCUT2D eigenvalue weighted by molar-refractivity contribution is 6.30. The SMILES string of the molecule is CCOC(=O)C(Cc1ccc(Cl)cc1)N(C(=O)c1cccc2ccccc12)C1CCC2(CC1)OCCO2. The average Bonchev–Trinajstić information content (AvgIpc) is 3.38. The van der Waals surface area contributed by atoms with Gasteiger partial charge in [0.15, 0.2) is 5.79 Å². The summed E-state index contributed by atoms with van der Waals surface area (Å²) in [6.07, 6.45) is 3.03. The fourth-order valence-electron chi connectivity index (χ4n) is 5.60. The first kappa shape index (κ1) is 25.7. The molecular formula is C30H32ClNO5. The van der Waals surface area contributed by atoms with E-state index in [-0.39, 0.29) is 18.6 Å². The highest BCUT2D eigenvalue weighted by atomic mass is 35.5. The van der Waals surface area contributed by atoms with E-state index in [1.807, 2.05) is 54.6 Å². The summed E-state index contributed by atoms with van der Waals surface area (Å²) in [5.41, 5.74) is 1.49. The van der Waals surface area contributed by atoms with E-state index in [1.54, 1.807) is 24.0 Å². The topological polar surface area (TPSA) is 65.1 Å². The number of ether oxygens (including phenoxy) is 3. The maximum Gasteiger partial charge on any atom is 0.329 e. The third-order valence-electron chi connectivity index (χ3n) is 7.42. The Morgan fingerprint density at radius 2 is 1.68 bits per heavy atom. The molecule has 1 aliphatic heterocycles. The molecule has 0 aromatic heterocycles. The zero-order chi connectivity index (χ0) is 25.8. The van der Waals surface area contributed by atoms with E-state index < -0.39 is 17.8 Å². The predicted octanol–water partition coefficient (Wildman–Crippen LogP) is 5.80. The van der Waals surface area contributed by atoms with Crippen LogP contribution in [0.3, 0.4) is 0 Å². The molecule has 0 radical (unpaired) electrons. The maximum atomic E-state index is 14.4. The Kier molecular flexibility index (Phi) is 7.79. The Morgan fingerprint density at radius 3 is 2.38 bits per heavy atom. The molecule has 1 saturated heterocycles. The highest BCUT2D eigenvalue weighted by Crippen LogP contribution is 2.39. The average molecular weight is 522 g/mol. The van der Waals surface area contributed by atoms with E-state index in [0.29, 0.717) is 55.9 Å². The zero-order valence-corrected chi connectivity index (χ0v) is 21.8. The Balaban J connectivity index is 1.54. The maximum absolute atomic E-state index is 14.4. The normalized spacial score (nSPS) is 18.1. The van der Waals surface area contributed by atoms with Gasteiger partial charge in [0.05, 0.1) is 19.8 Å². The minimum atomic E-state index is -0.781. The number of esters is 1. The van der Waals surface area contributed by atoms with Crippen LogP contribution in [0.15, 0.2) is 66.7 Å². The molecule has 1 spiro atoms. The second kappa shape index (κ2) is 11.2. The summed E-state index contributed by atoms with van der Waals surface area (Å²) in [5, 5.41) is 2.46. The molecule has 0 bridgehead atoms. The molecular weight excluding hydrogens is 490 g/mol. The second-order valence-electron chi connectivity index (χ2n) is 9.68. The van der Waals surface area contributed by atoms with Gasteiger partial charge in [-0.3, -0.25) is 4.79 Å². The van der Waals surface area contributed by atoms with Crippen LogP contribution in [0.2, 0.25) is 5.02 Å². The number of halogens is 1. The number of carbonyl (C=O) groups excluding carboxylic acids is 2. The summed E-state index contributed by atoms with van der Waals surface area (Å²) in [6.45, 7) is 3.20. The van der Waals surface area contributed by atoms with Crippen molar-refractivity contribution in [2.75, 3.05) is 19.8 Å². The van der Waals surface area contributed by atoms with Crippen LogP contribution in [0.25, 0.3) is 10.8 Å². The van der Waals surface area contributed by atoms with Crippen LogP contribution >= 0.6 is 11.6 Å². The molecule has 7 heteroatoms. The Hall–Kier alpha value is -2.93. The quantitative estimate of drug-likeness (QED) is 0.368. The first-order valence-electron chi connectivity index (χ1n) is 13.0. The first-order valence-corrected chi connectivity index (χ1v) is 13.4. The van der Waals surface area contributed by atoms with E-state index in [1.165, 1.54) is 0 Å². The number of rotatable bonds is 7. The molecule has 1 atom stereocenters. The predicted molar refractivity (Wildman–Crippen MR) is 143 cm³/mol. The van der Waals surface area contributed by atoms with Gasteiger partial charge in [-0.05, 0) is 54.3 Å². The van der Waals surface area contributed by atoms with Crippen molar-refractivity contribution in [2.24, 2.45) is 0 Å². The summed E-state index contributed by atoms with van der Waals surface area (Å²) in [4.78, 5) is 29.6. The van der Waals surface area contributed by atoms with Crippen molar-refractivity contribution in [2.45, 2.75) is 56.9 Å². The molecule has 5 rings (SSSR count). The van der Waals surface area contributed by atoms with Gasteiger partial charge in [0, 0.05) is 35.9 Å². The van der Waals surface area contributed by atoms with Crippen LogP contribution in [0, 0.1) is 0 Å². The number of carbonyl (C=O) groups is 2. The molecule has 1 heterocycles. The summed E-state index contributed by atoms with van der Waals surface area (Å²) in [5.74, 6) is -1.14. The molecule has 0 N–H and O–H groups in total. The Labute approximate surface area is 222 Å². The lowest BCUT2D eigenvalue weighted by molar-refractivity contribution is -0.184. The van der Waals surface area contributed by atoms with Gasteiger partial charge in [-0.15, -0.1) is 0 Å². The molecule has 3 aromatic rings. The minimum Gasteiger partial charge on any atom is -0.464 e. The number of amides is 1. The fraction of sp³-hybridized carbons (Fsp3) is 0.400. The first-order chi connectivity index (χ1) is 18.0. The second-order valence-corrected chi connectivity index (χ2v) is 10.1. The van der Waals surface area contributed by atoms with Crippen molar-refractivity contribution < 1.29 is 23.8 Å². The minimum absolute atomic E-state index is 0.161. The summed E-state index contributed by atoms with van der Waals surface area (Å²) >= 11 is 6.11. The van der Waals surface area contributed by atoms with Crippen LogP contribution in [0.5, 0.6) is 0 Å². The molecule has 194 valence electrons.